The zero-order chi connectivity index (χ0) is 19.8. The molecule has 144 valence electrons. The van der Waals surface area contributed by atoms with Crippen LogP contribution in [0.25, 0.3) is 10.9 Å². The Morgan fingerprint density at radius 2 is 1.62 bits per heavy atom. The molecule has 1 aromatic heterocycles. The molecule has 1 atom stereocenters. The molecule has 26 heavy (non-hydrogen) atoms. The van der Waals surface area contributed by atoms with Gasteiger partial charge in [0, 0.05) is 10.9 Å². The molecule has 1 unspecified atom stereocenters. The lowest BCUT2D eigenvalue weighted by Crippen LogP contribution is -2.30. The van der Waals surface area contributed by atoms with E-state index in [2.05, 4.69) is 4.98 Å². The molecule has 0 spiro atoms. The number of ether oxygens (including phenoxy) is 1. The fourth-order valence-corrected chi connectivity index (χ4v) is 4.25. The lowest BCUT2D eigenvalue weighted by Gasteiger charge is -2.33. The lowest BCUT2D eigenvalue weighted by molar-refractivity contribution is -0.0560. The molecule has 0 saturated heterocycles. The Bertz CT molecular complexity index is 777. The number of nitrogens with one attached hydrogen (secondary N) is 1. The first-order valence-electron chi connectivity index (χ1n) is 8.27. The third kappa shape index (κ3) is 5.42. The van der Waals surface area contributed by atoms with Crippen LogP contribution in [0.1, 0.15) is 52.0 Å². The SMILES string of the molecule is CC(C)(C)OP(=O)(OC(C)(C)C)C(O)OC(=O)c1cc2ccccc2[nH]1. The van der Waals surface area contributed by atoms with Gasteiger partial charge < -0.3 is 14.8 Å². The molecule has 2 rings (SSSR count). The van der Waals surface area contributed by atoms with Crippen molar-refractivity contribution in [3.63, 3.8) is 0 Å². The van der Waals surface area contributed by atoms with E-state index in [9.17, 15) is 14.5 Å². The summed E-state index contributed by atoms with van der Waals surface area (Å²) >= 11 is 0. The van der Waals surface area contributed by atoms with Gasteiger partial charge in [0.25, 0.3) is 0 Å². The van der Waals surface area contributed by atoms with Gasteiger partial charge in [-0.05, 0) is 53.7 Å². The van der Waals surface area contributed by atoms with Crippen molar-refractivity contribution in [1.29, 1.82) is 0 Å². The van der Waals surface area contributed by atoms with Crippen molar-refractivity contribution >= 4 is 24.5 Å². The van der Waals surface area contributed by atoms with Crippen molar-refractivity contribution in [2.75, 3.05) is 0 Å². The number of carbonyl (C=O) groups excluding carboxylic acids is 1. The molecule has 0 fully saturated rings. The van der Waals surface area contributed by atoms with Crippen LogP contribution >= 0.6 is 7.60 Å². The first kappa shape index (κ1) is 20.6. The van der Waals surface area contributed by atoms with Crippen molar-refractivity contribution < 1.29 is 28.3 Å². The fourth-order valence-electron chi connectivity index (χ4n) is 2.28. The Hall–Kier alpha value is -1.66. The van der Waals surface area contributed by atoms with Gasteiger partial charge >= 0.3 is 19.6 Å². The summed E-state index contributed by atoms with van der Waals surface area (Å²) in [5.74, 6) is -0.857. The smallest absolute Gasteiger partial charge is 0.399 e. The molecule has 0 saturated carbocycles. The topological polar surface area (TPSA) is 97.8 Å². The molecule has 0 amide bonds. The Kier molecular flexibility index (Phi) is 5.69. The summed E-state index contributed by atoms with van der Waals surface area (Å²) in [5.41, 5.74) is -0.887. The largest absolute Gasteiger partial charge is 0.418 e. The number of benzene rings is 1. The number of H-pyrrole nitrogens is 1. The molecular formula is C18H26NO6P. The van der Waals surface area contributed by atoms with Crippen molar-refractivity contribution in [3.8, 4) is 0 Å². The quantitative estimate of drug-likeness (QED) is 0.450. The van der Waals surface area contributed by atoms with E-state index < -0.39 is 30.8 Å². The van der Waals surface area contributed by atoms with Crippen LogP contribution in [0.15, 0.2) is 30.3 Å². The number of aliphatic hydroxyl groups excluding tert-OH is 1. The number of aliphatic hydroxyl groups is 1. The molecular weight excluding hydrogens is 357 g/mol. The van der Waals surface area contributed by atoms with Crippen LogP contribution < -0.4 is 0 Å². The first-order chi connectivity index (χ1) is 11.8. The summed E-state index contributed by atoms with van der Waals surface area (Å²) in [6.07, 6.45) is 0. The van der Waals surface area contributed by atoms with Gasteiger partial charge in [0.05, 0.1) is 11.2 Å². The number of carbonyl (C=O) groups is 1. The maximum atomic E-state index is 13.1. The highest BCUT2D eigenvalue weighted by molar-refractivity contribution is 7.54. The van der Waals surface area contributed by atoms with Gasteiger partial charge in [-0.15, -0.1) is 0 Å². The second-order valence-electron chi connectivity index (χ2n) is 7.95. The first-order valence-corrected chi connectivity index (χ1v) is 9.88. The van der Waals surface area contributed by atoms with E-state index >= 15 is 0 Å². The number of esters is 1. The maximum absolute atomic E-state index is 13.1. The molecule has 0 aliphatic carbocycles. The number of fused-ring (bicyclic) bond motifs is 1. The van der Waals surface area contributed by atoms with Gasteiger partial charge in [0.1, 0.15) is 5.69 Å². The molecule has 0 radical (unpaired) electrons. The van der Waals surface area contributed by atoms with Crippen molar-refractivity contribution in [1.82, 2.24) is 4.98 Å². The predicted molar refractivity (Wildman–Crippen MR) is 99.0 cm³/mol. The summed E-state index contributed by atoms with van der Waals surface area (Å²) in [7, 11) is -4.16. The predicted octanol–water partition coefficient (Wildman–Crippen LogP) is 4.42. The molecule has 0 aliphatic rings. The molecule has 0 bridgehead atoms. The van der Waals surface area contributed by atoms with Gasteiger partial charge in [-0.25, -0.2) is 4.79 Å². The average Bonchev–Trinajstić information content (AvgIpc) is 2.86. The summed E-state index contributed by atoms with van der Waals surface area (Å²) in [6, 6.07) is 6.83. The molecule has 7 nitrogen and oxygen atoms in total. The molecule has 1 heterocycles. The van der Waals surface area contributed by atoms with Crippen LogP contribution in [0.5, 0.6) is 0 Å². The zero-order valence-corrected chi connectivity index (χ0v) is 16.8. The zero-order valence-electron chi connectivity index (χ0n) is 15.9. The molecule has 1 aromatic carbocycles. The van der Waals surface area contributed by atoms with E-state index in [-0.39, 0.29) is 5.69 Å². The highest BCUT2D eigenvalue weighted by Crippen LogP contribution is 2.57. The summed E-state index contributed by atoms with van der Waals surface area (Å²) < 4.78 is 29.0. The van der Waals surface area contributed by atoms with Crippen LogP contribution in [0.3, 0.4) is 0 Å². The van der Waals surface area contributed by atoms with Gasteiger partial charge in [-0.2, -0.15) is 0 Å². The Morgan fingerprint density at radius 3 is 2.12 bits per heavy atom. The number of hydrogen-bond donors (Lipinski definition) is 2. The van der Waals surface area contributed by atoms with E-state index in [4.69, 9.17) is 13.8 Å². The Balaban J connectivity index is 2.23. The Morgan fingerprint density at radius 1 is 1.08 bits per heavy atom. The summed E-state index contributed by atoms with van der Waals surface area (Å²) in [4.78, 5) is 15.2. The van der Waals surface area contributed by atoms with Crippen LogP contribution in [-0.2, 0) is 18.3 Å². The minimum absolute atomic E-state index is 0.128. The van der Waals surface area contributed by atoms with Crippen molar-refractivity contribution in [3.05, 3.63) is 36.0 Å². The second-order valence-corrected chi connectivity index (χ2v) is 9.84. The number of hydrogen-bond acceptors (Lipinski definition) is 6. The second kappa shape index (κ2) is 7.16. The minimum atomic E-state index is -4.16. The highest BCUT2D eigenvalue weighted by atomic mass is 31.2. The molecule has 2 N–H and O–H groups in total. The molecule has 0 aliphatic heterocycles. The van der Waals surface area contributed by atoms with Crippen LogP contribution in [0.4, 0.5) is 0 Å². The third-order valence-corrected chi connectivity index (χ3v) is 5.29. The molecule has 8 heteroatoms. The van der Waals surface area contributed by atoms with Crippen LogP contribution in [0, 0.1) is 0 Å². The monoisotopic (exact) mass is 383 g/mol. The normalized spacial score (nSPS) is 14.4. The standard InChI is InChI=1S/C18H26NO6P/c1-17(2,3)24-26(22,25-18(4,5)6)16(21)23-15(20)14-11-12-9-7-8-10-13(12)19-14/h7-11,16,19,21H,1-6H3. The van der Waals surface area contributed by atoms with Gasteiger partial charge in [-0.1, -0.05) is 18.2 Å². The van der Waals surface area contributed by atoms with Gasteiger partial charge in [-0.3, -0.25) is 13.6 Å². The fraction of sp³-hybridized carbons (Fsp3) is 0.500. The number of aromatic amines is 1. The Labute approximate surface area is 153 Å². The summed E-state index contributed by atoms with van der Waals surface area (Å²) in [5, 5.41) is 11.1. The van der Waals surface area contributed by atoms with Crippen LogP contribution in [0.2, 0.25) is 0 Å². The molecule has 2 aromatic rings. The third-order valence-electron chi connectivity index (χ3n) is 3.04. The lowest BCUT2D eigenvalue weighted by atomic mass is 10.2. The maximum Gasteiger partial charge on any atom is 0.399 e. The van der Waals surface area contributed by atoms with Crippen molar-refractivity contribution in [2.24, 2.45) is 0 Å². The van der Waals surface area contributed by atoms with Crippen molar-refractivity contribution in [2.45, 2.75) is 58.8 Å². The number of aromatic nitrogens is 1. The van der Waals surface area contributed by atoms with Gasteiger partial charge in [0.2, 0.25) is 0 Å². The van der Waals surface area contributed by atoms with E-state index in [0.717, 1.165) is 10.9 Å². The number of para-hydroxylation sites is 1. The highest BCUT2D eigenvalue weighted by Gasteiger charge is 2.44. The summed E-state index contributed by atoms with van der Waals surface area (Å²) in [6.45, 7) is 9.99. The van der Waals surface area contributed by atoms with E-state index in [1.807, 2.05) is 18.2 Å². The van der Waals surface area contributed by atoms with E-state index in [1.165, 1.54) is 0 Å². The number of rotatable bonds is 5. The van der Waals surface area contributed by atoms with Crippen LogP contribution in [-0.4, -0.2) is 33.3 Å². The van der Waals surface area contributed by atoms with E-state index in [1.54, 1.807) is 53.7 Å². The van der Waals surface area contributed by atoms with E-state index in [0.29, 0.717) is 0 Å². The van der Waals surface area contributed by atoms with Gasteiger partial charge in [0.15, 0.2) is 0 Å². The average molecular weight is 383 g/mol. The minimum Gasteiger partial charge on any atom is -0.418 e.